The molecule has 124 valence electrons. The van der Waals surface area contributed by atoms with Gasteiger partial charge >= 0.3 is 0 Å². The third-order valence-electron chi connectivity index (χ3n) is 4.16. The molecule has 0 unspecified atom stereocenters. The Morgan fingerprint density at radius 1 is 0.958 bits per heavy atom. The third-order valence-corrected chi connectivity index (χ3v) is 4.16. The first kappa shape index (κ1) is 16.4. The second-order valence-corrected chi connectivity index (χ2v) is 6.77. The van der Waals surface area contributed by atoms with Crippen molar-refractivity contribution in [1.82, 2.24) is 9.97 Å². The summed E-state index contributed by atoms with van der Waals surface area (Å²) in [4.78, 5) is 9.45. The van der Waals surface area contributed by atoms with E-state index in [9.17, 15) is 5.11 Å². The maximum atomic E-state index is 9.21. The Morgan fingerprint density at radius 2 is 1.67 bits per heavy atom. The molecule has 0 bridgehead atoms. The van der Waals surface area contributed by atoms with Crippen LogP contribution < -0.4 is 5.32 Å². The second-order valence-electron chi connectivity index (χ2n) is 6.77. The maximum Gasteiger partial charge on any atom is 0.162 e. The lowest BCUT2D eigenvalue weighted by atomic mass is 9.90. The highest BCUT2D eigenvalue weighted by molar-refractivity contribution is 5.90. The summed E-state index contributed by atoms with van der Waals surface area (Å²) in [5, 5.41) is 13.7. The molecule has 0 amide bonds. The number of benzene rings is 2. The van der Waals surface area contributed by atoms with Crippen LogP contribution in [0.5, 0.6) is 0 Å². The van der Waals surface area contributed by atoms with Gasteiger partial charge in [-0.25, -0.2) is 9.97 Å². The lowest BCUT2D eigenvalue weighted by molar-refractivity contribution is 0.220. The van der Waals surface area contributed by atoms with Crippen LogP contribution >= 0.6 is 0 Å². The molecule has 2 N–H and O–H groups in total. The number of para-hydroxylation sites is 1. The first-order valence-electron chi connectivity index (χ1n) is 8.26. The van der Waals surface area contributed by atoms with Crippen LogP contribution in [-0.2, 0) is 0 Å². The Hall–Kier alpha value is -2.46. The molecule has 3 aromatic rings. The van der Waals surface area contributed by atoms with Gasteiger partial charge in [0.1, 0.15) is 5.82 Å². The fourth-order valence-electron chi connectivity index (χ4n) is 2.64. The summed E-state index contributed by atoms with van der Waals surface area (Å²) in [7, 11) is 0. The molecule has 0 radical (unpaired) electrons. The van der Waals surface area contributed by atoms with Crippen molar-refractivity contribution in [1.29, 1.82) is 0 Å². The van der Waals surface area contributed by atoms with E-state index in [0.29, 0.717) is 0 Å². The van der Waals surface area contributed by atoms with Gasteiger partial charge in [-0.3, -0.25) is 0 Å². The van der Waals surface area contributed by atoms with E-state index in [-0.39, 0.29) is 12.0 Å². The molecule has 0 fully saturated rings. The van der Waals surface area contributed by atoms with Gasteiger partial charge in [-0.1, -0.05) is 56.3 Å². The van der Waals surface area contributed by atoms with Crippen molar-refractivity contribution in [2.45, 2.75) is 20.3 Å². The average molecular weight is 321 g/mol. The second kappa shape index (κ2) is 6.97. The first-order chi connectivity index (χ1) is 11.6. The van der Waals surface area contributed by atoms with Crippen LogP contribution in [0.4, 0.5) is 5.82 Å². The molecular formula is C20H23N3O. The van der Waals surface area contributed by atoms with Crippen LogP contribution in [-0.4, -0.2) is 28.2 Å². The zero-order valence-corrected chi connectivity index (χ0v) is 14.2. The summed E-state index contributed by atoms with van der Waals surface area (Å²) >= 11 is 0. The molecule has 1 heterocycles. The highest BCUT2D eigenvalue weighted by Crippen LogP contribution is 2.27. The summed E-state index contributed by atoms with van der Waals surface area (Å²) in [5.41, 5.74) is 1.92. The molecule has 2 aromatic carbocycles. The van der Waals surface area contributed by atoms with Gasteiger partial charge in [0.2, 0.25) is 0 Å². The quantitative estimate of drug-likeness (QED) is 0.717. The van der Waals surface area contributed by atoms with E-state index in [1.807, 2.05) is 54.6 Å². The van der Waals surface area contributed by atoms with E-state index in [1.165, 1.54) is 0 Å². The zero-order valence-electron chi connectivity index (χ0n) is 14.2. The number of nitrogens with one attached hydrogen (secondary N) is 1. The van der Waals surface area contributed by atoms with E-state index in [4.69, 9.17) is 9.97 Å². The van der Waals surface area contributed by atoms with E-state index in [0.717, 1.165) is 41.1 Å². The molecule has 0 spiro atoms. The minimum atomic E-state index is -0.00624. The summed E-state index contributed by atoms with van der Waals surface area (Å²) < 4.78 is 0. The normalized spacial score (nSPS) is 11.6. The van der Waals surface area contributed by atoms with Crippen molar-refractivity contribution in [3.05, 3.63) is 54.6 Å². The minimum Gasteiger partial charge on any atom is -0.396 e. The molecule has 0 aliphatic carbocycles. The molecule has 0 aliphatic heterocycles. The van der Waals surface area contributed by atoms with Crippen LogP contribution in [0.3, 0.4) is 0 Å². The van der Waals surface area contributed by atoms with Crippen molar-refractivity contribution in [3.8, 4) is 11.4 Å². The van der Waals surface area contributed by atoms with Gasteiger partial charge in [0.05, 0.1) is 5.52 Å². The number of aliphatic hydroxyl groups is 1. The standard InChI is InChI=1S/C20H23N3O/c1-20(2,12-13-24)14-21-19-16-10-6-7-11-17(16)22-18(23-19)15-8-4-3-5-9-15/h3-11,24H,12-14H2,1-2H3,(H,21,22,23). The number of hydrogen-bond acceptors (Lipinski definition) is 4. The highest BCUT2D eigenvalue weighted by Gasteiger charge is 2.18. The van der Waals surface area contributed by atoms with Crippen molar-refractivity contribution in [3.63, 3.8) is 0 Å². The number of hydrogen-bond donors (Lipinski definition) is 2. The molecule has 3 rings (SSSR count). The molecule has 0 saturated carbocycles. The molecular weight excluding hydrogens is 298 g/mol. The SMILES string of the molecule is CC(C)(CCO)CNc1nc(-c2ccccc2)nc2ccccc12. The van der Waals surface area contributed by atoms with Gasteiger partial charge in [0.25, 0.3) is 0 Å². The number of aliphatic hydroxyl groups excluding tert-OH is 1. The molecule has 4 heteroatoms. The van der Waals surface area contributed by atoms with Crippen molar-refractivity contribution in [2.24, 2.45) is 5.41 Å². The molecule has 24 heavy (non-hydrogen) atoms. The smallest absolute Gasteiger partial charge is 0.162 e. The van der Waals surface area contributed by atoms with Crippen molar-refractivity contribution >= 4 is 16.7 Å². The topological polar surface area (TPSA) is 58.0 Å². The summed E-state index contributed by atoms with van der Waals surface area (Å²) in [6.45, 7) is 5.20. The lowest BCUT2D eigenvalue weighted by Gasteiger charge is -2.24. The maximum absolute atomic E-state index is 9.21. The van der Waals surface area contributed by atoms with Crippen molar-refractivity contribution in [2.75, 3.05) is 18.5 Å². The van der Waals surface area contributed by atoms with Crippen LogP contribution in [0.2, 0.25) is 0 Å². The number of nitrogens with zero attached hydrogens (tertiary/aromatic N) is 2. The van der Waals surface area contributed by atoms with Crippen LogP contribution in [0.1, 0.15) is 20.3 Å². The van der Waals surface area contributed by atoms with Gasteiger partial charge < -0.3 is 10.4 Å². The van der Waals surface area contributed by atoms with E-state index in [2.05, 4.69) is 19.2 Å². The van der Waals surface area contributed by atoms with Crippen LogP contribution in [0, 0.1) is 5.41 Å². The van der Waals surface area contributed by atoms with E-state index >= 15 is 0 Å². The van der Waals surface area contributed by atoms with Crippen molar-refractivity contribution < 1.29 is 5.11 Å². The Labute approximate surface area is 142 Å². The van der Waals surface area contributed by atoms with E-state index < -0.39 is 0 Å². The van der Waals surface area contributed by atoms with Gasteiger partial charge in [-0.2, -0.15) is 0 Å². The van der Waals surface area contributed by atoms with Gasteiger partial charge in [-0.15, -0.1) is 0 Å². The fraction of sp³-hybridized carbons (Fsp3) is 0.300. The Bertz CT molecular complexity index is 815. The molecule has 1 aromatic heterocycles. The monoisotopic (exact) mass is 321 g/mol. The number of anilines is 1. The van der Waals surface area contributed by atoms with E-state index in [1.54, 1.807) is 0 Å². The summed E-state index contributed by atoms with van der Waals surface area (Å²) in [5.74, 6) is 1.56. The highest BCUT2D eigenvalue weighted by atomic mass is 16.3. The Balaban J connectivity index is 1.99. The fourth-order valence-corrected chi connectivity index (χ4v) is 2.64. The predicted molar refractivity (Wildman–Crippen MR) is 98.9 cm³/mol. The summed E-state index contributed by atoms with van der Waals surface area (Å²) in [6.07, 6.45) is 0.745. The van der Waals surface area contributed by atoms with Gasteiger partial charge in [0.15, 0.2) is 5.82 Å². The van der Waals surface area contributed by atoms with Gasteiger partial charge in [-0.05, 0) is 24.0 Å². The molecule has 0 aliphatic rings. The van der Waals surface area contributed by atoms with Gasteiger partial charge in [0, 0.05) is 24.1 Å². The van der Waals surface area contributed by atoms with Crippen LogP contribution in [0.15, 0.2) is 54.6 Å². The average Bonchev–Trinajstić information content (AvgIpc) is 2.60. The lowest BCUT2D eigenvalue weighted by Crippen LogP contribution is -2.24. The number of fused-ring (bicyclic) bond motifs is 1. The molecule has 0 saturated heterocycles. The Kier molecular flexibility index (Phi) is 4.76. The zero-order chi connectivity index (χ0) is 17.0. The molecule has 0 atom stereocenters. The largest absolute Gasteiger partial charge is 0.396 e. The Morgan fingerprint density at radius 3 is 2.42 bits per heavy atom. The molecule has 4 nitrogen and oxygen atoms in total. The number of aromatic nitrogens is 2. The summed E-state index contributed by atoms with van der Waals surface area (Å²) in [6, 6.07) is 18.0. The number of rotatable bonds is 6. The minimum absolute atomic E-state index is 0.00624. The first-order valence-corrected chi connectivity index (χ1v) is 8.26. The third kappa shape index (κ3) is 3.71. The van der Waals surface area contributed by atoms with Crippen LogP contribution in [0.25, 0.3) is 22.3 Å². The predicted octanol–water partition coefficient (Wildman–Crippen LogP) is 4.12.